The first-order valence-corrected chi connectivity index (χ1v) is 4.18. The first-order valence-electron chi connectivity index (χ1n) is 4.18. The average Bonchev–Trinajstić information content (AvgIpc) is 2.04. The van der Waals surface area contributed by atoms with Crippen molar-refractivity contribution >= 4 is 12.1 Å². The van der Waals surface area contributed by atoms with Crippen LogP contribution in [0, 0.1) is 0 Å². The van der Waals surface area contributed by atoms with Crippen molar-refractivity contribution < 1.29 is 9.59 Å². The highest BCUT2D eigenvalue weighted by molar-refractivity contribution is 5.77. The summed E-state index contributed by atoms with van der Waals surface area (Å²) in [5.41, 5.74) is 0. The Balaban J connectivity index is 3.01. The van der Waals surface area contributed by atoms with E-state index in [0.717, 1.165) is 19.3 Å². The smallest absolute Gasteiger partial charge is 0.198 e. The van der Waals surface area contributed by atoms with Crippen molar-refractivity contribution in [3.05, 3.63) is 0 Å². The second kappa shape index (κ2) is 7.45. The van der Waals surface area contributed by atoms with E-state index in [1.54, 1.807) is 0 Å². The van der Waals surface area contributed by atoms with Gasteiger partial charge in [-0.3, -0.25) is 9.59 Å². The molecular formula is C9H15O2. The molecule has 0 saturated heterocycles. The topological polar surface area (TPSA) is 34.1 Å². The molecule has 2 heteroatoms. The lowest BCUT2D eigenvalue weighted by molar-refractivity contribution is -0.118. The van der Waals surface area contributed by atoms with Gasteiger partial charge < -0.3 is 0 Å². The van der Waals surface area contributed by atoms with Crippen LogP contribution in [0.5, 0.6) is 0 Å². The second-order valence-corrected chi connectivity index (χ2v) is 2.60. The first-order chi connectivity index (χ1) is 5.31. The van der Waals surface area contributed by atoms with E-state index >= 15 is 0 Å². The van der Waals surface area contributed by atoms with Gasteiger partial charge in [-0.1, -0.05) is 13.3 Å². The van der Waals surface area contributed by atoms with Crippen LogP contribution in [0.1, 0.15) is 45.4 Å². The Morgan fingerprint density at radius 1 is 1.27 bits per heavy atom. The third-order valence-electron chi connectivity index (χ3n) is 1.63. The zero-order chi connectivity index (χ0) is 8.53. The van der Waals surface area contributed by atoms with Gasteiger partial charge in [-0.25, -0.2) is 0 Å². The maximum atomic E-state index is 10.8. The van der Waals surface area contributed by atoms with Gasteiger partial charge >= 0.3 is 0 Å². The minimum atomic E-state index is 0.320. The molecule has 0 aliphatic carbocycles. The molecule has 0 bridgehead atoms. The van der Waals surface area contributed by atoms with E-state index in [1.165, 1.54) is 0 Å². The molecule has 0 saturated carbocycles. The van der Waals surface area contributed by atoms with Gasteiger partial charge in [0.1, 0.15) is 5.78 Å². The SMILES string of the molecule is CCC(=O)CCCCC[C]=O. The molecule has 0 spiro atoms. The Hall–Kier alpha value is -0.660. The average molecular weight is 155 g/mol. The summed E-state index contributed by atoms with van der Waals surface area (Å²) in [6.45, 7) is 1.88. The summed E-state index contributed by atoms with van der Waals surface area (Å²) in [5.74, 6) is 0.320. The van der Waals surface area contributed by atoms with Crippen molar-refractivity contribution in [1.29, 1.82) is 0 Å². The summed E-state index contributed by atoms with van der Waals surface area (Å²) in [7, 11) is 0. The fourth-order valence-corrected chi connectivity index (χ4v) is 0.873. The molecule has 63 valence electrons. The maximum absolute atomic E-state index is 10.8. The van der Waals surface area contributed by atoms with Gasteiger partial charge in [-0.15, -0.1) is 0 Å². The van der Waals surface area contributed by atoms with Gasteiger partial charge in [0.25, 0.3) is 0 Å². The zero-order valence-corrected chi connectivity index (χ0v) is 7.06. The number of carbonyl (C=O) groups excluding carboxylic acids is 2. The van der Waals surface area contributed by atoms with Gasteiger partial charge in [0.05, 0.1) is 0 Å². The lowest BCUT2D eigenvalue weighted by Gasteiger charge is -1.95. The van der Waals surface area contributed by atoms with E-state index in [9.17, 15) is 9.59 Å². The molecule has 0 heterocycles. The van der Waals surface area contributed by atoms with Crippen LogP contribution in [-0.2, 0) is 9.59 Å². The lowest BCUT2D eigenvalue weighted by atomic mass is 10.1. The fraction of sp³-hybridized carbons (Fsp3) is 0.778. The summed E-state index contributed by atoms with van der Waals surface area (Å²) in [6, 6.07) is 0. The number of Topliss-reactive ketones (excluding diaryl/α,β-unsaturated/α-hetero) is 1. The van der Waals surface area contributed by atoms with E-state index in [2.05, 4.69) is 0 Å². The molecule has 0 amide bonds. The first kappa shape index (κ1) is 10.3. The van der Waals surface area contributed by atoms with Crippen molar-refractivity contribution in [2.45, 2.75) is 45.4 Å². The van der Waals surface area contributed by atoms with Crippen LogP contribution in [0.2, 0.25) is 0 Å². The molecule has 0 aromatic heterocycles. The summed E-state index contributed by atoms with van der Waals surface area (Å²) in [4.78, 5) is 20.5. The fourth-order valence-electron chi connectivity index (χ4n) is 0.873. The molecule has 0 aromatic carbocycles. The Labute approximate surface area is 68.0 Å². The minimum Gasteiger partial charge on any atom is -0.300 e. The number of hydrogen-bond donors (Lipinski definition) is 0. The molecular weight excluding hydrogens is 140 g/mol. The maximum Gasteiger partial charge on any atom is 0.198 e. The van der Waals surface area contributed by atoms with Crippen LogP contribution < -0.4 is 0 Å². The summed E-state index contributed by atoms with van der Waals surface area (Å²) >= 11 is 0. The predicted molar refractivity (Wildman–Crippen MR) is 44.1 cm³/mol. The molecule has 0 aliphatic heterocycles. The lowest BCUT2D eigenvalue weighted by Crippen LogP contribution is -1.94. The number of unbranched alkanes of at least 4 members (excludes halogenated alkanes) is 3. The molecule has 0 aromatic rings. The summed E-state index contributed by atoms with van der Waals surface area (Å²) < 4.78 is 0. The molecule has 0 aliphatic rings. The number of rotatable bonds is 7. The normalized spacial score (nSPS) is 9.55. The number of carbonyl (C=O) groups is 1. The Kier molecular flexibility index (Phi) is 7.00. The van der Waals surface area contributed by atoms with Crippen molar-refractivity contribution in [1.82, 2.24) is 0 Å². The van der Waals surface area contributed by atoms with E-state index in [1.807, 2.05) is 13.2 Å². The van der Waals surface area contributed by atoms with Crippen LogP contribution in [-0.4, -0.2) is 12.1 Å². The zero-order valence-electron chi connectivity index (χ0n) is 7.06. The number of hydrogen-bond acceptors (Lipinski definition) is 2. The molecule has 0 rings (SSSR count). The Bertz CT molecular complexity index is 119. The largest absolute Gasteiger partial charge is 0.300 e. The van der Waals surface area contributed by atoms with Crippen molar-refractivity contribution in [3.8, 4) is 0 Å². The molecule has 2 nitrogen and oxygen atoms in total. The molecule has 0 unspecified atom stereocenters. The molecule has 0 N–H and O–H groups in total. The minimum absolute atomic E-state index is 0.320. The third-order valence-corrected chi connectivity index (χ3v) is 1.63. The highest BCUT2D eigenvalue weighted by Gasteiger charge is 1.96. The van der Waals surface area contributed by atoms with Gasteiger partial charge in [-0.2, -0.15) is 0 Å². The van der Waals surface area contributed by atoms with Crippen LogP contribution in [0.15, 0.2) is 0 Å². The highest BCUT2D eigenvalue weighted by Crippen LogP contribution is 2.03. The predicted octanol–water partition coefficient (Wildman–Crippen LogP) is 2.03. The van der Waals surface area contributed by atoms with E-state index in [0.29, 0.717) is 25.0 Å². The van der Waals surface area contributed by atoms with E-state index in [-0.39, 0.29) is 0 Å². The quantitative estimate of drug-likeness (QED) is 0.527. The van der Waals surface area contributed by atoms with Crippen molar-refractivity contribution in [2.24, 2.45) is 0 Å². The number of ketones is 1. The van der Waals surface area contributed by atoms with Gasteiger partial charge in [0.15, 0.2) is 6.29 Å². The molecule has 1 radical (unpaired) electrons. The van der Waals surface area contributed by atoms with Crippen molar-refractivity contribution in [2.75, 3.05) is 0 Å². The van der Waals surface area contributed by atoms with Gasteiger partial charge in [0.2, 0.25) is 0 Å². The van der Waals surface area contributed by atoms with Crippen LogP contribution in [0.25, 0.3) is 0 Å². The summed E-state index contributed by atoms with van der Waals surface area (Å²) in [5, 5.41) is 0. The molecule has 11 heavy (non-hydrogen) atoms. The van der Waals surface area contributed by atoms with E-state index < -0.39 is 0 Å². The second-order valence-electron chi connectivity index (χ2n) is 2.60. The third kappa shape index (κ3) is 7.23. The Morgan fingerprint density at radius 2 is 2.00 bits per heavy atom. The molecule has 0 fully saturated rings. The van der Waals surface area contributed by atoms with Gasteiger partial charge in [0, 0.05) is 19.3 Å². The van der Waals surface area contributed by atoms with E-state index in [4.69, 9.17) is 0 Å². The standard InChI is InChI=1S/C9H15O2/c1-2-9(11)7-5-3-4-6-8-10/h2-7H2,1H3. The van der Waals surface area contributed by atoms with Crippen LogP contribution in [0.3, 0.4) is 0 Å². The van der Waals surface area contributed by atoms with Gasteiger partial charge in [-0.05, 0) is 12.8 Å². The monoisotopic (exact) mass is 155 g/mol. The van der Waals surface area contributed by atoms with Crippen LogP contribution in [0.4, 0.5) is 0 Å². The highest BCUT2D eigenvalue weighted by atomic mass is 16.1. The Morgan fingerprint density at radius 3 is 2.55 bits per heavy atom. The summed E-state index contributed by atoms with van der Waals surface area (Å²) in [6.07, 6.45) is 6.44. The van der Waals surface area contributed by atoms with Crippen LogP contribution >= 0.6 is 0 Å². The molecule has 0 atom stereocenters. The van der Waals surface area contributed by atoms with Crippen molar-refractivity contribution in [3.63, 3.8) is 0 Å².